The molecule has 1 aliphatic rings. The average Bonchev–Trinajstić information content (AvgIpc) is 3.25. The SMILES string of the molecule is CCOc1nc(NCc2ccc(S(N)(=O)=O)cc2)nc2ccc(-c3ccc(N4CC(O)CC4=O)cc3)nc12. The number of nitrogens with zero attached hydrogens (tertiary/aromatic N) is 4. The summed E-state index contributed by atoms with van der Waals surface area (Å²) in [6.45, 7) is 2.89. The fourth-order valence-electron chi connectivity index (χ4n) is 4.19. The molecule has 1 saturated heterocycles. The number of hydrogen-bond acceptors (Lipinski definition) is 9. The normalized spacial score (nSPS) is 15.7. The standard InChI is InChI=1S/C26H26N6O5S/c1-2-37-25-24-22(30-26(31-25)28-14-16-3-9-20(10-4-16)38(27,35)36)12-11-21(29-24)17-5-7-18(8-6-17)32-15-19(33)13-23(32)34/h3-12,19,33H,2,13-15H2,1H3,(H2,27,35,36)(H,28,30,31). The predicted octanol–water partition coefficient (Wildman–Crippen LogP) is 2.45. The van der Waals surface area contributed by atoms with Crippen LogP contribution in [0.25, 0.3) is 22.3 Å². The van der Waals surface area contributed by atoms with Gasteiger partial charge in [0.1, 0.15) is 0 Å². The molecule has 3 heterocycles. The fourth-order valence-corrected chi connectivity index (χ4v) is 4.71. The lowest BCUT2D eigenvalue weighted by Crippen LogP contribution is -2.25. The Labute approximate surface area is 219 Å². The summed E-state index contributed by atoms with van der Waals surface area (Å²) in [6, 6.07) is 17.3. The monoisotopic (exact) mass is 534 g/mol. The maximum atomic E-state index is 12.1. The van der Waals surface area contributed by atoms with Gasteiger partial charge in [0.2, 0.25) is 27.8 Å². The summed E-state index contributed by atoms with van der Waals surface area (Å²) in [5, 5.41) is 18.0. The number of amides is 1. The highest BCUT2D eigenvalue weighted by Crippen LogP contribution is 2.29. The van der Waals surface area contributed by atoms with E-state index in [1.807, 2.05) is 43.3 Å². The number of rotatable bonds is 8. The van der Waals surface area contributed by atoms with Gasteiger partial charge in [-0.25, -0.2) is 23.5 Å². The summed E-state index contributed by atoms with van der Waals surface area (Å²) in [5.41, 5.74) is 4.18. The molecule has 38 heavy (non-hydrogen) atoms. The largest absolute Gasteiger partial charge is 0.476 e. The van der Waals surface area contributed by atoms with Gasteiger partial charge in [-0.2, -0.15) is 4.98 Å². The van der Waals surface area contributed by atoms with E-state index in [1.165, 1.54) is 12.1 Å². The minimum atomic E-state index is -3.75. The number of sulfonamides is 1. The van der Waals surface area contributed by atoms with E-state index in [-0.39, 0.29) is 17.2 Å². The van der Waals surface area contributed by atoms with Crippen LogP contribution in [0.4, 0.5) is 11.6 Å². The Morgan fingerprint density at radius 3 is 2.42 bits per heavy atom. The molecule has 4 aromatic rings. The van der Waals surface area contributed by atoms with Crippen molar-refractivity contribution in [1.29, 1.82) is 0 Å². The fraction of sp³-hybridized carbons (Fsp3) is 0.231. The number of nitrogens with two attached hydrogens (primary N) is 1. The zero-order chi connectivity index (χ0) is 26.9. The Kier molecular flexibility index (Phi) is 6.93. The number of benzene rings is 2. The van der Waals surface area contributed by atoms with Gasteiger partial charge < -0.3 is 20.1 Å². The first-order chi connectivity index (χ1) is 18.2. The molecule has 0 saturated carbocycles. The van der Waals surface area contributed by atoms with Gasteiger partial charge in [0.15, 0.2) is 5.52 Å². The van der Waals surface area contributed by atoms with E-state index >= 15 is 0 Å². The molecular formula is C26H26N6O5S. The molecule has 4 N–H and O–H groups in total. The number of aliphatic hydroxyl groups excluding tert-OH is 1. The number of nitrogens with one attached hydrogen (secondary N) is 1. The van der Waals surface area contributed by atoms with Gasteiger partial charge in [-0.15, -0.1) is 0 Å². The Bertz CT molecular complexity index is 1590. The molecule has 0 bridgehead atoms. The van der Waals surface area contributed by atoms with Crippen LogP contribution in [0.15, 0.2) is 65.6 Å². The van der Waals surface area contributed by atoms with Crippen LogP contribution in [0.1, 0.15) is 18.9 Å². The Morgan fingerprint density at radius 1 is 1.05 bits per heavy atom. The number of pyridine rings is 1. The molecule has 11 nitrogen and oxygen atoms in total. The molecule has 1 aliphatic heterocycles. The van der Waals surface area contributed by atoms with E-state index in [0.717, 1.165) is 16.8 Å². The third kappa shape index (κ3) is 5.42. The van der Waals surface area contributed by atoms with Gasteiger partial charge in [0.05, 0.1) is 41.8 Å². The summed E-state index contributed by atoms with van der Waals surface area (Å²) in [6.07, 6.45) is -0.508. The molecule has 2 aromatic carbocycles. The molecule has 5 rings (SSSR count). The van der Waals surface area contributed by atoms with Crippen LogP contribution in [-0.4, -0.2) is 53.6 Å². The van der Waals surface area contributed by atoms with Crippen LogP contribution in [-0.2, 0) is 21.4 Å². The van der Waals surface area contributed by atoms with Crippen LogP contribution in [0.3, 0.4) is 0 Å². The second-order valence-electron chi connectivity index (χ2n) is 8.80. The van der Waals surface area contributed by atoms with Crippen molar-refractivity contribution in [2.75, 3.05) is 23.4 Å². The number of carbonyl (C=O) groups is 1. The molecule has 1 amide bonds. The van der Waals surface area contributed by atoms with Crippen molar-refractivity contribution < 1.29 is 23.1 Å². The van der Waals surface area contributed by atoms with Crippen molar-refractivity contribution in [3.63, 3.8) is 0 Å². The third-order valence-corrected chi connectivity index (χ3v) is 7.00. The number of β-amino-alcohol motifs (C(OH)–C–C–N with tert-alkyl or cyclic N) is 1. The highest BCUT2D eigenvalue weighted by molar-refractivity contribution is 7.89. The van der Waals surface area contributed by atoms with E-state index in [4.69, 9.17) is 14.9 Å². The minimum absolute atomic E-state index is 0.0432. The summed E-state index contributed by atoms with van der Waals surface area (Å²) in [5.74, 6) is 0.574. The number of aliphatic hydroxyl groups is 1. The maximum Gasteiger partial charge on any atom is 0.245 e. The molecule has 196 valence electrons. The Hall–Kier alpha value is -4.13. The quantitative estimate of drug-likeness (QED) is 0.308. The van der Waals surface area contributed by atoms with Gasteiger partial charge in [-0.3, -0.25) is 4.79 Å². The number of primary sulfonamides is 1. The van der Waals surface area contributed by atoms with Crippen LogP contribution in [0, 0.1) is 0 Å². The van der Waals surface area contributed by atoms with E-state index in [9.17, 15) is 18.3 Å². The van der Waals surface area contributed by atoms with Crippen LogP contribution in [0.5, 0.6) is 5.88 Å². The number of carbonyl (C=O) groups excluding carboxylic acids is 1. The van der Waals surface area contributed by atoms with E-state index in [1.54, 1.807) is 17.0 Å². The highest BCUT2D eigenvalue weighted by Gasteiger charge is 2.29. The number of hydrogen-bond donors (Lipinski definition) is 3. The lowest BCUT2D eigenvalue weighted by atomic mass is 10.1. The molecular weight excluding hydrogens is 508 g/mol. The van der Waals surface area contributed by atoms with E-state index < -0.39 is 16.1 Å². The smallest absolute Gasteiger partial charge is 0.245 e. The Morgan fingerprint density at radius 2 is 1.79 bits per heavy atom. The number of fused-ring (bicyclic) bond motifs is 1. The molecule has 1 unspecified atom stereocenters. The number of aromatic nitrogens is 3. The van der Waals surface area contributed by atoms with E-state index in [2.05, 4.69) is 15.3 Å². The number of ether oxygens (including phenoxy) is 1. The van der Waals surface area contributed by atoms with Crippen molar-refractivity contribution in [2.45, 2.75) is 30.9 Å². The summed E-state index contributed by atoms with van der Waals surface area (Å²) >= 11 is 0. The van der Waals surface area contributed by atoms with Gasteiger partial charge in [0.25, 0.3) is 0 Å². The zero-order valence-corrected chi connectivity index (χ0v) is 21.4. The summed E-state index contributed by atoms with van der Waals surface area (Å²) < 4.78 is 28.7. The zero-order valence-electron chi connectivity index (χ0n) is 20.5. The molecule has 0 radical (unpaired) electrons. The topological polar surface area (TPSA) is 161 Å². The van der Waals surface area contributed by atoms with Crippen molar-refractivity contribution in [3.05, 3.63) is 66.2 Å². The van der Waals surface area contributed by atoms with Gasteiger partial charge in [0, 0.05) is 17.8 Å². The van der Waals surface area contributed by atoms with E-state index in [0.29, 0.717) is 48.3 Å². The highest BCUT2D eigenvalue weighted by atomic mass is 32.2. The molecule has 0 spiro atoms. The second kappa shape index (κ2) is 10.3. The lowest BCUT2D eigenvalue weighted by Gasteiger charge is -2.16. The van der Waals surface area contributed by atoms with Gasteiger partial charge >= 0.3 is 0 Å². The first-order valence-electron chi connectivity index (χ1n) is 12.0. The lowest BCUT2D eigenvalue weighted by molar-refractivity contribution is -0.117. The van der Waals surface area contributed by atoms with Crippen molar-refractivity contribution in [1.82, 2.24) is 15.0 Å². The van der Waals surface area contributed by atoms with Crippen molar-refractivity contribution in [3.8, 4) is 17.1 Å². The second-order valence-corrected chi connectivity index (χ2v) is 10.4. The van der Waals surface area contributed by atoms with Gasteiger partial charge in [-0.05, 0) is 48.9 Å². The van der Waals surface area contributed by atoms with Crippen LogP contribution >= 0.6 is 0 Å². The molecule has 2 aromatic heterocycles. The number of anilines is 2. The van der Waals surface area contributed by atoms with Crippen LogP contribution < -0.4 is 20.1 Å². The predicted molar refractivity (Wildman–Crippen MR) is 142 cm³/mol. The molecule has 1 atom stereocenters. The molecule has 1 fully saturated rings. The molecule has 12 heteroatoms. The first-order valence-corrected chi connectivity index (χ1v) is 13.5. The molecule has 0 aliphatic carbocycles. The maximum absolute atomic E-state index is 12.1. The summed E-state index contributed by atoms with van der Waals surface area (Å²) in [4.78, 5) is 27.5. The van der Waals surface area contributed by atoms with Crippen molar-refractivity contribution in [2.24, 2.45) is 5.14 Å². The summed E-state index contributed by atoms with van der Waals surface area (Å²) in [7, 11) is -3.75. The Balaban J connectivity index is 1.38. The van der Waals surface area contributed by atoms with Gasteiger partial charge in [-0.1, -0.05) is 24.3 Å². The average molecular weight is 535 g/mol. The minimum Gasteiger partial charge on any atom is -0.476 e. The first kappa shape index (κ1) is 25.5. The third-order valence-electron chi connectivity index (χ3n) is 6.07. The van der Waals surface area contributed by atoms with Crippen LogP contribution in [0.2, 0.25) is 0 Å². The van der Waals surface area contributed by atoms with Crippen molar-refractivity contribution >= 4 is 38.6 Å².